The van der Waals surface area contributed by atoms with Crippen molar-refractivity contribution >= 4 is 11.7 Å². The highest BCUT2D eigenvalue weighted by Gasteiger charge is 2.13. The monoisotopic (exact) mass is 330 g/mol. The highest BCUT2D eigenvalue weighted by atomic mass is 19.1. The number of carbonyl (C=O) groups excluding carboxylic acids is 1. The quantitative estimate of drug-likeness (QED) is 0.802. The predicted octanol–water partition coefficient (Wildman–Crippen LogP) is 4.32. The summed E-state index contributed by atoms with van der Waals surface area (Å²) in [6.07, 6.45) is 0. The first-order valence-corrected chi connectivity index (χ1v) is 7.88. The van der Waals surface area contributed by atoms with Crippen LogP contribution in [0.3, 0.4) is 0 Å². The van der Waals surface area contributed by atoms with E-state index in [-0.39, 0.29) is 17.3 Å². The van der Waals surface area contributed by atoms with Crippen molar-refractivity contribution in [2.24, 2.45) is 0 Å². The zero-order valence-electron chi connectivity index (χ0n) is 14.2. The number of halogens is 1. The molecule has 0 saturated heterocycles. The lowest BCUT2D eigenvalue weighted by Gasteiger charge is -2.19. The van der Waals surface area contributed by atoms with E-state index in [0.717, 1.165) is 5.75 Å². The molecule has 0 heterocycles. The van der Waals surface area contributed by atoms with Crippen LogP contribution in [0, 0.1) is 5.82 Å². The Labute approximate surface area is 142 Å². The maximum absolute atomic E-state index is 12.8. The number of hydrogen-bond acceptors (Lipinski definition) is 2. The third kappa shape index (κ3) is 5.57. The van der Waals surface area contributed by atoms with Crippen molar-refractivity contribution in [3.63, 3.8) is 0 Å². The summed E-state index contributed by atoms with van der Waals surface area (Å²) < 4.78 is 18.5. The van der Waals surface area contributed by atoms with Gasteiger partial charge >= 0.3 is 6.03 Å². The number of anilines is 1. The van der Waals surface area contributed by atoms with Crippen LogP contribution in [0.25, 0.3) is 0 Å². The maximum atomic E-state index is 12.8. The molecule has 2 rings (SSSR count). The van der Waals surface area contributed by atoms with Gasteiger partial charge in [0, 0.05) is 5.69 Å². The Morgan fingerprint density at radius 1 is 1.12 bits per heavy atom. The third-order valence-corrected chi connectivity index (χ3v) is 3.46. The number of rotatable bonds is 5. The van der Waals surface area contributed by atoms with Gasteiger partial charge in [-0.25, -0.2) is 9.18 Å². The van der Waals surface area contributed by atoms with Crippen LogP contribution < -0.4 is 15.4 Å². The minimum Gasteiger partial charge on any atom is -0.492 e. The minimum absolute atomic E-state index is 0.0622. The first kappa shape index (κ1) is 17.8. The second kappa shape index (κ2) is 7.81. The van der Waals surface area contributed by atoms with Gasteiger partial charge < -0.3 is 15.4 Å². The Balaban J connectivity index is 1.74. The van der Waals surface area contributed by atoms with Crippen LogP contribution >= 0.6 is 0 Å². The van der Waals surface area contributed by atoms with E-state index in [4.69, 9.17) is 4.74 Å². The van der Waals surface area contributed by atoms with Crippen LogP contribution in [0.2, 0.25) is 0 Å². The third-order valence-electron chi connectivity index (χ3n) is 3.46. The lowest BCUT2D eigenvalue weighted by atomic mass is 9.87. The van der Waals surface area contributed by atoms with Gasteiger partial charge in [0.1, 0.15) is 18.2 Å². The lowest BCUT2D eigenvalue weighted by Crippen LogP contribution is -2.32. The molecule has 0 atom stereocenters. The first-order chi connectivity index (χ1) is 11.3. The Bertz CT molecular complexity index is 679. The first-order valence-electron chi connectivity index (χ1n) is 7.88. The molecule has 2 aromatic carbocycles. The van der Waals surface area contributed by atoms with E-state index in [1.807, 2.05) is 18.2 Å². The molecule has 4 nitrogen and oxygen atoms in total. The van der Waals surface area contributed by atoms with Crippen LogP contribution in [0.4, 0.5) is 14.9 Å². The Kier molecular flexibility index (Phi) is 5.79. The van der Waals surface area contributed by atoms with Gasteiger partial charge in [-0.3, -0.25) is 0 Å². The normalized spacial score (nSPS) is 11.0. The van der Waals surface area contributed by atoms with E-state index in [9.17, 15) is 9.18 Å². The number of benzene rings is 2. The molecule has 0 aliphatic rings. The van der Waals surface area contributed by atoms with E-state index in [2.05, 4.69) is 37.5 Å². The van der Waals surface area contributed by atoms with Crippen LogP contribution in [0.1, 0.15) is 26.3 Å². The standard InChI is InChI=1S/C19H23FN2O2/c1-19(2,3)14-5-4-6-17(13-14)24-12-11-21-18(23)22-16-9-7-15(20)8-10-16/h4-10,13H,11-12H2,1-3H3,(H2,21,22,23). The van der Waals surface area contributed by atoms with E-state index in [1.54, 1.807) is 0 Å². The van der Waals surface area contributed by atoms with Gasteiger partial charge in [0.25, 0.3) is 0 Å². The van der Waals surface area contributed by atoms with Crippen LogP contribution in [-0.2, 0) is 5.41 Å². The van der Waals surface area contributed by atoms with E-state index < -0.39 is 0 Å². The van der Waals surface area contributed by atoms with Crippen molar-refractivity contribution in [1.82, 2.24) is 5.32 Å². The Morgan fingerprint density at radius 2 is 1.83 bits per heavy atom. The molecule has 0 spiro atoms. The highest BCUT2D eigenvalue weighted by molar-refractivity contribution is 5.89. The van der Waals surface area contributed by atoms with Crippen LogP contribution in [0.5, 0.6) is 5.75 Å². The summed E-state index contributed by atoms with van der Waals surface area (Å²) in [6.45, 7) is 7.17. The average molecular weight is 330 g/mol. The molecule has 2 aromatic rings. The zero-order valence-corrected chi connectivity index (χ0v) is 14.2. The fourth-order valence-corrected chi connectivity index (χ4v) is 2.09. The van der Waals surface area contributed by atoms with E-state index in [1.165, 1.54) is 29.8 Å². The molecule has 0 unspecified atom stereocenters. The summed E-state index contributed by atoms with van der Waals surface area (Å²) in [5.74, 6) is 0.440. The molecule has 0 bridgehead atoms. The number of carbonyl (C=O) groups is 1. The number of hydrogen-bond donors (Lipinski definition) is 2. The van der Waals surface area contributed by atoms with Crippen molar-refractivity contribution in [1.29, 1.82) is 0 Å². The van der Waals surface area contributed by atoms with Crippen molar-refractivity contribution < 1.29 is 13.9 Å². The van der Waals surface area contributed by atoms with Gasteiger partial charge in [0.05, 0.1) is 6.54 Å². The molecular weight excluding hydrogens is 307 g/mol. The van der Waals surface area contributed by atoms with Gasteiger partial charge in [-0.15, -0.1) is 0 Å². The number of urea groups is 1. The minimum atomic E-state index is -0.353. The molecule has 0 aliphatic carbocycles. The molecule has 128 valence electrons. The van der Waals surface area contributed by atoms with E-state index in [0.29, 0.717) is 18.8 Å². The van der Waals surface area contributed by atoms with Crippen molar-refractivity contribution in [3.05, 3.63) is 59.9 Å². The molecule has 5 heteroatoms. The predicted molar refractivity (Wildman–Crippen MR) is 94.1 cm³/mol. The van der Waals surface area contributed by atoms with Gasteiger partial charge in [0.15, 0.2) is 0 Å². The average Bonchev–Trinajstić information content (AvgIpc) is 2.53. The van der Waals surface area contributed by atoms with Crippen LogP contribution in [-0.4, -0.2) is 19.2 Å². The Morgan fingerprint density at radius 3 is 2.50 bits per heavy atom. The fourth-order valence-electron chi connectivity index (χ4n) is 2.09. The molecule has 2 amide bonds. The lowest BCUT2D eigenvalue weighted by molar-refractivity contribution is 0.247. The van der Waals surface area contributed by atoms with Crippen LogP contribution in [0.15, 0.2) is 48.5 Å². The number of ether oxygens (including phenoxy) is 1. The van der Waals surface area contributed by atoms with E-state index >= 15 is 0 Å². The molecular formula is C19H23FN2O2. The van der Waals surface area contributed by atoms with Gasteiger partial charge in [-0.2, -0.15) is 0 Å². The number of nitrogens with one attached hydrogen (secondary N) is 2. The molecule has 0 radical (unpaired) electrons. The second-order valence-corrected chi connectivity index (χ2v) is 6.51. The summed E-state index contributed by atoms with van der Waals surface area (Å²) >= 11 is 0. The smallest absolute Gasteiger partial charge is 0.319 e. The van der Waals surface area contributed by atoms with Crippen molar-refractivity contribution in [2.75, 3.05) is 18.5 Å². The largest absolute Gasteiger partial charge is 0.492 e. The number of amides is 2. The van der Waals surface area contributed by atoms with Gasteiger partial charge in [-0.1, -0.05) is 32.9 Å². The topological polar surface area (TPSA) is 50.4 Å². The molecule has 0 fully saturated rings. The molecule has 0 aliphatic heterocycles. The Hall–Kier alpha value is -2.56. The maximum Gasteiger partial charge on any atom is 0.319 e. The fraction of sp³-hybridized carbons (Fsp3) is 0.316. The van der Waals surface area contributed by atoms with Gasteiger partial charge in [0.2, 0.25) is 0 Å². The molecule has 2 N–H and O–H groups in total. The summed E-state index contributed by atoms with van der Waals surface area (Å²) in [5, 5.41) is 5.32. The van der Waals surface area contributed by atoms with Crippen molar-refractivity contribution in [3.8, 4) is 5.75 Å². The summed E-state index contributed by atoms with van der Waals surface area (Å²) in [6, 6.07) is 13.2. The summed E-state index contributed by atoms with van der Waals surface area (Å²) in [4.78, 5) is 11.7. The second-order valence-electron chi connectivity index (χ2n) is 6.51. The molecule has 0 aromatic heterocycles. The SMILES string of the molecule is CC(C)(C)c1cccc(OCCNC(=O)Nc2ccc(F)cc2)c1. The zero-order chi connectivity index (χ0) is 17.6. The highest BCUT2D eigenvalue weighted by Crippen LogP contribution is 2.25. The van der Waals surface area contributed by atoms with Gasteiger partial charge in [-0.05, 0) is 47.4 Å². The molecule has 24 heavy (non-hydrogen) atoms. The molecule has 0 saturated carbocycles. The summed E-state index contributed by atoms with van der Waals surface area (Å²) in [7, 11) is 0. The van der Waals surface area contributed by atoms with Crippen molar-refractivity contribution in [2.45, 2.75) is 26.2 Å². The summed E-state index contributed by atoms with van der Waals surface area (Å²) in [5.41, 5.74) is 1.79.